The van der Waals surface area contributed by atoms with Gasteiger partial charge in [0.2, 0.25) is 0 Å². The Hall–Kier alpha value is -0.550. The van der Waals surface area contributed by atoms with Crippen molar-refractivity contribution >= 4 is 0 Å². The van der Waals surface area contributed by atoms with Gasteiger partial charge in [-0.3, -0.25) is 5.32 Å². The molecule has 0 aliphatic rings. The predicted octanol–water partition coefficient (Wildman–Crippen LogP) is 2.31. The number of nitrogens with zero attached hydrogens (tertiary/aromatic N) is 1. The molecule has 0 aliphatic heterocycles. The molecule has 0 fully saturated rings. The summed E-state index contributed by atoms with van der Waals surface area (Å²) < 4.78 is 0. The highest BCUT2D eigenvalue weighted by Crippen LogP contribution is 2.09. The maximum absolute atomic E-state index is 8.56. The Balaban J connectivity index is 3.60. The molecular weight excluding hydrogens is 148 g/mol. The van der Waals surface area contributed by atoms with E-state index < -0.39 is 0 Å². The van der Waals surface area contributed by atoms with E-state index in [9.17, 15) is 0 Å². The van der Waals surface area contributed by atoms with Crippen molar-refractivity contribution in [3.05, 3.63) is 0 Å². The van der Waals surface area contributed by atoms with E-state index in [0.717, 1.165) is 12.3 Å². The van der Waals surface area contributed by atoms with Crippen molar-refractivity contribution < 1.29 is 0 Å². The van der Waals surface area contributed by atoms with Crippen LogP contribution < -0.4 is 5.32 Å². The van der Waals surface area contributed by atoms with Crippen molar-refractivity contribution in [2.24, 2.45) is 5.92 Å². The van der Waals surface area contributed by atoms with E-state index in [-0.39, 0.29) is 6.04 Å². The smallest absolute Gasteiger partial charge is 0.0926 e. The van der Waals surface area contributed by atoms with E-state index in [2.05, 4.69) is 32.2 Å². The molecule has 0 radical (unpaired) electrons. The zero-order chi connectivity index (χ0) is 9.56. The third-order valence-corrected chi connectivity index (χ3v) is 2.18. The fourth-order valence-electron chi connectivity index (χ4n) is 1.30. The summed E-state index contributed by atoms with van der Waals surface area (Å²) in [5, 5.41) is 11.8. The number of nitrogens with one attached hydrogen (secondary N) is 1. The van der Waals surface area contributed by atoms with Crippen LogP contribution in [0.15, 0.2) is 0 Å². The molecule has 0 saturated carbocycles. The lowest BCUT2D eigenvalue weighted by atomic mass is 10.00. The van der Waals surface area contributed by atoms with E-state index >= 15 is 0 Å². The lowest BCUT2D eigenvalue weighted by Gasteiger charge is -2.18. The molecule has 3 atom stereocenters. The highest BCUT2D eigenvalue weighted by Gasteiger charge is 2.08. The van der Waals surface area contributed by atoms with Crippen molar-refractivity contribution in [3.8, 4) is 6.07 Å². The molecule has 0 aromatic rings. The molecule has 0 bridgehead atoms. The van der Waals surface area contributed by atoms with Gasteiger partial charge in [-0.2, -0.15) is 5.26 Å². The molecule has 0 aromatic carbocycles. The third-order valence-electron chi connectivity index (χ3n) is 2.18. The van der Waals surface area contributed by atoms with Gasteiger partial charge in [0.1, 0.15) is 0 Å². The van der Waals surface area contributed by atoms with Crippen LogP contribution in [0.4, 0.5) is 0 Å². The average molecular weight is 168 g/mol. The molecule has 3 unspecified atom stereocenters. The average Bonchev–Trinajstić information content (AvgIpc) is 2.03. The molecule has 2 nitrogen and oxygen atoms in total. The summed E-state index contributed by atoms with van der Waals surface area (Å²) in [5.74, 6) is 0.749. The number of hydrogen-bond donors (Lipinski definition) is 1. The zero-order valence-corrected chi connectivity index (χ0v) is 8.59. The van der Waals surface area contributed by atoms with Crippen LogP contribution in [0.5, 0.6) is 0 Å². The van der Waals surface area contributed by atoms with Crippen LogP contribution in [0, 0.1) is 17.2 Å². The molecule has 0 heterocycles. The Morgan fingerprint density at radius 1 is 1.33 bits per heavy atom. The number of nitriles is 1. The molecule has 0 rings (SSSR count). The van der Waals surface area contributed by atoms with Gasteiger partial charge in [0, 0.05) is 6.04 Å². The Morgan fingerprint density at radius 3 is 2.33 bits per heavy atom. The first-order valence-corrected chi connectivity index (χ1v) is 4.75. The van der Waals surface area contributed by atoms with E-state index in [1.165, 1.54) is 6.42 Å². The second-order valence-electron chi connectivity index (χ2n) is 3.67. The first-order valence-electron chi connectivity index (χ1n) is 4.75. The number of hydrogen-bond acceptors (Lipinski definition) is 2. The quantitative estimate of drug-likeness (QED) is 0.683. The van der Waals surface area contributed by atoms with Gasteiger partial charge in [-0.1, -0.05) is 20.3 Å². The lowest BCUT2D eigenvalue weighted by molar-refractivity contribution is 0.403. The first-order chi connectivity index (χ1) is 5.60. The van der Waals surface area contributed by atoms with Crippen LogP contribution in [0.25, 0.3) is 0 Å². The van der Waals surface area contributed by atoms with Crippen LogP contribution in [0.3, 0.4) is 0 Å². The Bertz CT molecular complexity index is 148. The maximum Gasteiger partial charge on any atom is 0.0926 e. The number of rotatable bonds is 5. The normalized spacial score (nSPS) is 17.9. The van der Waals surface area contributed by atoms with Gasteiger partial charge >= 0.3 is 0 Å². The van der Waals surface area contributed by atoms with E-state index in [4.69, 9.17) is 5.26 Å². The molecule has 0 aliphatic carbocycles. The minimum absolute atomic E-state index is 0.0240. The summed E-state index contributed by atoms with van der Waals surface area (Å²) in [6.45, 7) is 8.48. The maximum atomic E-state index is 8.56. The van der Waals surface area contributed by atoms with Crippen molar-refractivity contribution in [3.63, 3.8) is 0 Å². The fourth-order valence-corrected chi connectivity index (χ4v) is 1.30. The van der Waals surface area contributed by atoms with Crippen molar-refractivity contribution in [1.29, 1.82) is 5.26 Å². The third kappa shape index (κ3) is 5.15. The van der Waals surface area contributed by atoms with Crippen LogP contribution in [-0.2, 0) is 0 Å². The minimum Gasteiger partial charge on any atom is -0.300 e. The van der Waals surface area contributed by atoms with E-state index in [1.54, 1.807) is 0 Å². The summed E-state index contributed by atoms with van der Waals surface area (Å²) in [4.78, 5) is 0. The van der Waals surface area contributed by atoms with Gasteiger partial charge in [-0.15, -0.1) is 0 Å². The topological polar surface area (TPSA) is 35.8 Å². The van der Waals surface area contributed by atoms with Crippen molar-refractivity contribution in [2.75, 3.05) is 0 Å². The van der Waals surface area contributed by atoms with Gasteiger partial charge < -0.3 is 0 Å². The molecule has 12 heavy (non-hydrogen) atoms. The van der Waals surface area contributed by atoms with Gasteiger partial charge in [0.25, 0.3) is 0 Å². The van der Waals surface area contributed by atoms with Crippen LogP contribution in [0.1, 0.15) is 40.5 Å². The van der Waals surface area contributed by atoms with Gasteiger partial charge in [0.15, 0.2) is 0 Å². The van der Waals surface area contributed by atoms with Crippen LogP contribution in [-0.4, -0.2) is 12.1 Å². The van der Waals surface area contributed by atoms with Gasteiger partial charge in [0.05, 0.1) is 12.1 Å². The summed E-state index contributed by atoms with van der Waals surface area (Å²) in [6.07, 6.45) is 2.37. The summed E-state index contributed by atoms with van der Waals surface area (Å²) in [5.41, 5.74) is 0. The highest BCUT2D eigenvalue weighted by molar-refractivity contribution is 4.87. The molecule has 2 heteroatoms. The Kier molecular flexibility index (Phi) is 5.74. The molecule has 0 saturated heterocycles. The highest BCUT2D eigenvalue weighted by atomic mass is 14.9. The fraction of sp³-hybridized carbons (Fsp3) is 0.900. The molecular formula is C10H20N2. The minimum atomic E-state index is -0.0240. The first kappa shape index (κ1) is 11.4. The largest absolute Gasteiger partial charge is 0.300 e. The summed E-state index contributed by atoms with van der Waals surface area (Å²) >= 11 is 0. The standard InChI is InChI=1S/C10H20N2/c1-5-8(2)6-9(3)12-10(4)7-11/h8-10,12H,5-6H2,1-4H3. The van der Waals surface area contributed by atoms with E-state index in [1.807, 2.05) is 6.92 Å². The SMILES string of the molecule is CCC(C)CC(C)NC(C)C#N. The molecule has 70 valence electrons. The van der Waals surface area contributed by atoms with Crippen molar-refractivity contribution in [1.82, 2.24) is 5.32 Å². The molecule has 0 amide bonds. The second kappa shape index (κ2) is 6.02. The van der Waals surface area contributed by atoms with Gasteiger partial charge in [-0.25, -0.2) is 0 Å². The molecule has 0 aromatic heterocycles. The van der Waals surface area contributed by atoms with Crippen LogP contribution in [0.2, 0.25) is 0 Å². The van der Waals surface area contributed by atoms with Crippen LogP contribution >= 0.6 is 0 Å². The van der Waals surface area contributed by atoms with E-state index in [0.29, 0.717) is 6.04 Å². The predicted molar refractivity (Wildman–Crippen MR) is 51.7 cm³/mol. The van der Waals surface area contributed by atoms with Gasteiger partial charge in [-0.05, 0) is 26.2 Å². The van der Waals surface area contributed by atoms with Crippen molar-refractivity contribution in [2.45, 2.75) is 52.6 Å². The summed E-state index contributed by atoms with van der Waals surface area (Å²) in [6, 6.07) is 2.61. The second-order valence-corrected chi connectivity index (χ2v) is 3.67. The summed E-state index contributed by atoms with van der Waals surface area (Å²) in [7, 11) is 0. The Morgan fingerprint density at radius 2 is 1.92 bits per heavy atom. The zero-order valence-electron chi connectivity index (χ0n) is 8.59. The molecule has 0 spiro atoms. The molecule has 1 N–H and O–H groups in total. The lowest BCUT2D eigenvalue weighted by Crippen LogP contribution is -2.34. The monoisotopic (exact) mass is 168 g/mol. The Labute approximate surface area is 76.0 Å².